The SMILES string of the molecule is CC[O+]=C(SSc1ccccc1)SC1(C(=O)OC)C[C@H](OC(C)=O)[C@@H](NC(C)=O)[C@H]([C@H](OC(C)=O)C(COC(C)=O)OC(C)=O)O1.O=S(=O)([O-])C(F)(F)F. The Hall–Kier alpha value is -3.58. The number of carbonyl (C=O) groups is 6. The number of thioether (sulfide) groups is 1. The second-order valence-corrected chi connectivity index (χ2v) is 15.6. The standard InChI is InChI=1S/C29H37NO13S3.CHF3O3S/c1-8-38-28(46-45-21-12-10-9-11-13-21)44-29(27(36)37-7)14-22(40-18(4)33)24(30-16(2)31)26(43-29)25(42-20(6)35)23(41-19(5)34)15-39-17(3)32;2-1(3,4)8(5,6)7/h9-13,22-26H,8,14-15H2,1-7H3;(H,5,6,7)/t22-,23?,24+,25+,26+,29?;/m0./s1. The molecule has 24 heteroatoms. The average molecular weight is 854 g/mol. The fraction of sp³-hybridized carbons (Fsp3) is 0.567. The van der Waals surface area contributed by atoms with Crippen LogP contribution >= 0.6 is 33.3 Å². The smallest absolute Gasteiger partial charge is 0.485 e. The lowest BCUT2D eigenvalue weighted by atomic mass is 9.89. The van der Waals surface area contributed by atoms with E-state index in [1.807, 2.05) is 30.3 Å². The van der Waals surface area contributed by atoms with Gasteiger partial charge in [0.25, 0.3) is 6.61 Å². The number of nitrogens with one attached hydrogen (secondary N) is 1. The molecule has 1 N–H and O–H groups in total. The Bertz CT molecular complexity index is 1610. The summed E-state index contributed by atoms with van der Waals surface area (Å²) < 4.78 is 98.3. The van der Waals surface area contributed by atoms with E-state index in [0.717, 1.165) is 51.5 Å². The van der Waals surface area contributed by atoms with Crippen molar-refractivity contribution in [1.82, 2.24) is 5.32 Å². The van der Waals surface area contributed by atoms with Crippen molar-refractivity contribution in [3.8, 4) is 0 Å². The molecule has 1 aromatic rings. The molecule has 0 aromatic heterocycles. The summed E-state index contributed by atoms with van der Waals surface area (Å²) >= 11 is 0.827. The first-order valence-corrected chi connectivity index (χ1v) is 19.6. The second-order valence-electron chi connectivity index (χ2n) is 10.6. The molecule has 1 heterocycles. The minimum absolute atomic E-state index is 0.209. The van der Waals surface area contributed by atoms with E-state index < -0.39 is 93.4 Å². The number of carbonyl (C=O) groups excluding carboxylic acids is 7. The van der Waals surface area contributed by atoms with Crippen LogP contribution in [-0.2, 0) is 67.3 Å². The maximum atomic E-state index is 13.7. The molecule has 1 aliphatic heterocycles. The summed E-state index contributed by atoms with van der Waals surface area (Å²) in [7, 11) is -2.43. The summed E-state index contributed by atoms with van der Waals surface area (Å²) in [6.07, 6.45) is -6.27. The molecular weight excluding hydrogens is 816 g/mol. The van der Waals surface area contributed by atoms with Crippen LogP contribution in [-0.4, -0.2) is 114 Å². The molecule has 2 rings (SSSR count). The Morgan fingerprint density at radius 2 is 1.57 bits per heavy atom. The first kappa shape index (κ1) is 48.4. The third kappa shape index (κ3) is 16.4. The second kappa shape index (κ2) is 22.1. The minimum Gasteiger partial charge on any atom is -0.741 e. The van der Waals surface area contributed by atoms with Crippen LogP contribution in [0.25, 0.3) is 0 Å². The summed E-state index contributed by atoms with van der Waals surface area (Å²) in [4.78, 5) is 73.6. The molecule has 0 aliphatic carbocycles. The average Bonchev–Trinajstić information content (AvgIpc) is 3.04. The van der Waals surface area contributed by atoms with Crippen molar-refractivity contribution in [2.75, 3.05) is 20.3 Å². The van der Waals surface area contributed by atoms with Gasteiger partial charge >= 0.3 is 39.8 Å². The van der Waals surface area contributed by atoms with Crippen LogP contribution in [0.2, 0.25) is 0 Å². The van der Waals surface area contributed by atoms with E-state index in [1.165, 1.54) is 28.5 Å². The Kier molecular flexibility index (Phi) is 19.8. The fourth-order valence-corrected chi connectivity index (χ4v) is 8.12. The number of amides is 1. The maximum Gasteiger partial charge on any atom is 0.485 e. The molecule has 0 saturated carbocycles. The van der Waals surface area contributed by atoms with Gasteiger partial charge in [0.1, 0.15) is 18.8 Å². The number of hydrogen-bond acceptors (Lipinski definition) is 18. The molecule has 0 spiro atoms. The molecule has 0 radical (unpaired) electrons. The highest BCUT2D eigenvalue weighted by Crippen LogP contribution is 2.48. The predicted molar refractivity (Wildman–Crippen MR) is 184 cm³/mol. The number of halogens is 3. The largest absolute Gasteiger partial charge is 0.741 e. The van der Waals surface area contributed by atoms with Gasteiger partial charge in [-0.05, 0) is 22.9 Å². The molecular formula is C30H38F3NO16S4. The van der Waals surface area contributed by atoms with Crippen molar-refractivity contribution in [1.29, 1.82) is 0 Å². The summed E-state index contributed by atoms with van der Waals surface area (Å²) in [5.74, 6) is -4.69. The van der Waals surface area contributed by atoms with Crippen molar-refractivity contribution in [2.45, 2.75) is 93.8 Å². The van der Waals surface area contributed by atoms with E-state index in [2.05, 4.69) is 5.32 Å². The van der Waals surface area contributed by atoms with Gasteiger partial charge in [0.15, 0.2) is 22.3 Å². The summed E-state index contributed by atoms with van der Waals surface area (Å²) in [5, 5.41) is 2.64. The van der Waals surface area contributed by atoms with Gasteiger partial charge in [-0.25, -0.2) is 17.6 Å². The molecule has 1 aliphatic rings. The lowest BCUT2D eigenvalue weighted by Gasteiger charge is -2.47. The highest BCUT2D eigenvalue weighted by molar-refractivity contribution is 8.86. The van der Waals surface area contributed by atoms with Gasteiger partial charge in [-0.1, -0.05) is 18.2 Å². The first-order chi connectivity index (χ1) is 25.0. The quantitative estimate of drug-likeness (QED) is 0.0747. The normalized spacial score (nSPS) is 21.2. The van der Waals surface area contributed by atoms with Crippen LogP contribution < -0.4 is 5.32 Å². The van der Waals surface area contributed by atoms with Crippen LogP contribution in [0.4, 0.5) is 17.6 Å². The highest BCUT2D eigenvalue weighted by atomic mass is 33.1. The number of esters is 5. The lowest BCUT2D eigenvalue weighted by Crippen LogP contribution is -2.68. The van der Waals surface area contributed by atoms with Crippen molar-refractivity contribution in [3.63, 3.8) is 0 Å². The molecule has 304 valence electrons. The van der Waals surface area contributed by atoms with Gasteiger partial charge in [0.2, 0.25) is 10.8 Å². The maximum absolute atomic E-state index is 13.7. The third-order valence-electron chi connectivity index (χ3n) is 6.24. The highest BCUT2D eigenvalue weighted by Gasteiger charge is 2.60. The van der Waals surface area contributed by atoms with Crippen LogP contribution in [0.15, 0.2) is 35.2 Å². The number of alkyl halides is 3. The molecule has 1 aromatic carbocycles. The molecule has 17 nitrogen and oxygen atoms in total. The van der Waals surface area contributed by atoms with E-state index in [-0.39, 0.29) is 17.5 Å². The van der Waals surface area contributed by atoms with Crippen LogP contribution in [0.5, 0.6) is 0 Å². The Morgan fingerprint density at radius 3 is 2.02 bits per heavy atom. The zero-order valence-electron chi connectivity index (χ0n) is 29.7. The monoisotopic (exact) mass is 853 g/mol. The zero-order chi connectivity index (χ0) is 41.4. The van der Waals surface area contributed by atoms with E-state index in [9.17, 15) is 41.9 Å². The fourth-order valence-electron chi connectivity index (χ4n) is 4.38. The summed E-state index contributed by atoms with van der Waals surface area (Å²) in [6.45, 7) is 6.97. The lowest BCUT2D eigenvalue weighted by molar-refractivity contribution is -0.224. The number of methoxy groups -OCH3 is 1. The van der Waals surface area contributed by atoms with Crippen molar-refractivity contribution in [2.24, 2.45) is 0 Å². The number of rotatable bonds is 13. The zero-order valence-corrected chi connectivity index (χ0v) is 33.0. The molecule has 2 unspecified atom stereocenters. The van der Waals surface area contributed by atoms with Crippen LogP contribution in [0.3, 0.4) is 0 Å². The van der Waals surface area contributed by atoms with Gasteiger partial charge in [-0.2, -0.15) is 13.2 Å². The number of ether oxygens (including phenoxy) is 6. The van der Waals surface area contributed by atoms with E-state index in [0.29, 0.717) is 0 Å². The number of hydrogen-bond donors (Lipinski definition) is 1. The molecule has 54 heavy (non-hydrogen) atoms. The van der Waals surface area contributed by atoms with E-state index >= 15 is 0 Å². The van der Waals surface area contributed by atoms with Crippen molar-refractivity contribution in [3.05, 3.63) is 30.3 Å². The summed E-state index contributed by atoms with van der Waals surface area (Å²) in [5.41, 5.74) is -5.65. The number of benzene rings is 1. The summed E-state index contributed by atoms with van der Waals surface area (Å²) in [6, 6.07) is 8.08. The van der Waals surface area contributed by atoms with Gasteiger partial charge in [-0.3, -0.25) is 24.0 Å². The topological polar surface area (TPSA) is 238 Å². The third-order valence-corrected chi connectivity index (χ3v) is 10.7. The van der Waals surface area contributed by atoms with Crippen molar-refractivity contribution >= 4 is 83.7 Å². The van der Waals surface area contributed by atoms with Crippen LogP contribution in [0.1, 0.15) is 48.0 Å². The van der Waals surface area contributed by atoms with Gasteiger partial charge in [-0.15, -0.1) is 0 Å². The molecule has 0 bridgehead atoms. The predicted octanol–water partition coefficient (Wildman–Crippen LogP) is 3.41. The molecule has 1 amide bonds. The Balaban J connectivity index is 0.00000163. The first-order valence-electron chi connectivity index (χ1n) is 15.2. The van der Waals surface area contributed by atoms with Gasteiger partial charge in [0, 0.05) is 64.6 Å². The minimum atomic E-state index is -6.09. The van der Waals surface area contributed by atoms with E-state index in [4.69, 9.17) is 45.8 Å². The van der Waals surface area contributed by atoms with Crippen molar-refractivity contribution < 1.29 is 87.8 Å². The molecule has 1 fully saturated rings. The van der Waals surface area contributed by atoms with Gasteiger partial charge < -0.3 is 38.3 Å². The Labute approximate surface area is 320 Å². The molecule has 1 saturated heterocycles. The van der Waals surface area contributed by atoms with E-state index in [1.54, 1.807) is 6.92 Å². The van der Waals surface area contributed by atoms with Gasteiger partial charge in [0.05, 0.1) is 23.9 Å². The molecule has 6 atom stereocenters. The Morgan fingerprint density at radius 1 is 1.00 bits per heavy atom. The van der Waals surface area contributed by atoms with Crippen LogP contribution in [0, 0.1) is 0 Å².